The Labute approximate surface area is 110 Å². The van der Waals surface area contributed by atoms with Gasteiger partial charge in [0.05, 0.1) is 16.1 Å². The van der Waals surface area contributed by atoms with Crippen molar-refractivity contribution in [2.45, 2.75) is 33.3 Å². The fraction of sp³-hybridized carbons (Fsp3) is 0.462. The van der Waals surface area contributed by atoms with Gasteiger partial charge in [0.25, 0.3) is 0 Å². The summed E-state index contributed by atoms with van der Waals surface area (Å²) in [6.07, 6.45) is 1.08. The third-order valence-electron chi connectivity index (χ3n) is 2.31. The van der Waals surface area contributed by atoms with Crippen molar-refractivity contribution in [3.8, 4) is 5.75 Å². The Hall–Kier alpha value is -1.03. The minimum atomic E-state index is -0.938. The summed E-state index contributed by atoms with van der Waals surface area (Å²) in [5.41, 5.74) is 0.251. The summed E-state index contributed by atoms with van der Waals surface area (Å²) >= 11 is 3.32. The zero-order valence-corrected chi connectivity index (χ0v) is 11.8. The van der Waals surface area contributed by atoms with Gasteiger partial charge >= 0.3 is 5.97 Å². The minimum absolute atomic E-state index is 0.113. The molecule has 0 saturated heterocycles. The first-order chi connectivity index (χ1) is 7.90. The molecule has 1 unspecified atom stereocenters. The molecule has 94 valence electrons. The number of rotatable bonds is 5. The highest BCUT2D eigenvalue weighted by atomic mass is 79.9. The summed E-state index contributed by atoms with van der Waals surface area (Å²) in [5.74, 6) is 0.317. The highest BCUT2D eigenvalue weighted by molar-refractivity contribution is 9.10. The molecule has 1 atom stereocenters. The first kappa shape index (κ1) is 14.0. The van der Waals surface area contributed by atoms with Crippen LogP contribution < -0.4 is 4.74 Å². The molecule has 3 nitrogen and oxygen atoms in total. The van der Waals surface area contributed by atoms with Crippen molar-refractivity contribution in [1.29, 1.82) is 0 Å². The van der Waals surface area contributed by atoms with Gasteiger partial charge in [0.1, 0.15) is 5.75 Å². The van der Waals surface area contributed by atoms with Gasteiger partial charge in [0.15, 0.2) is 0 Å². The van der Waals surface area contributed by atoms with Gasteiger partial charge in [-0.2, -0.15) is 0 Å². The smallest absolute Gasteiger partial charge is 0.335 e. The monoisotopic (exact) mass is 300 g/mol. The van der Waals surface area contributed by atoms with Crippen LogP contribution in [0.5, 0.6) is 5.75 Å². The number of carboxylic acids is 1. The Bertz CT molecular complexity index is 402. The summed E-state index contributed by atoms with van der Waals surface area (Å²) in [5, 5.41) is 8.84. The summed E-state index contributed by atoms with van der Waals surface area (Å²) in [7, 11) is 0. The number of benzene rings is 1. The third kappa shape index (κ3) is 4.38. The molecule has 0 amide bonds. The lowest BCUT2D eigenvalue weighted by molar-refractivity contribution is 0.0696. The largest absolute Gasteiger partial charge is 0.490 e. The van der Waals surface area contributed by atoms with Gasteiger partial charge < -0.3 is 9.84 Å². The number of hydrogen-bond donors (Lipinski definition) is 1. The molecular formula is C13H17BrO3. The van der Waals surface area contributed by atoms with Gasteiger partial charge in [-0.05, 0) is 53.4 Å². The molecule has 1 aromatic carbocycles. The van der Waals surface area contributed by atoms with Gasteiger partial charge in [0.2, 0.25) is 0 Å². The average molecular weight is 301 g/mol. The van der Waals surface area contributed by atoms with Crippen LogP contribution in [0.3, 0.4) is 0 Å². The molecule has 1 N–H and O–H groups in total. The van der Waals surface area contributed by atoms with Gasteiger partial charge in [-0.25, -0.2) is 4.79 Å². The van der Waals surface area contributed by atoms with Crippen molar-refractivity contribution in [2.24, 2.45) is 5.92 Å². The zero-order valence-electron chi connectivity index (χ0n) is 10.2. The van der Waals surface area contributed by atoms with E-state index in [9.17, 15) is 4.79 Å². The summed E-state index contributed by atoms with van der Waals surface area (Å²) in [4.78, 5) is 10.8. The number of carboxylic acid groups (broad SMARTS) is 1. The lowest BCUT2D eigenvalue weighted by atomic mass is 10.1. The molecule has 0 saturated carbocycles. The maximum Gasteiger partial charge on any atom is 0.335 e. The van der Waals surface area contributed by atoms with Crippen LogP contribution in [-0.4, -0.2) is 17.2 Å². The molecule has 4 heteroatoms. The predicted molar refractivity (Wildman–Crippen MR) is 70.6 cm³/mol. The van der Waals surface area contributed by atoms with E-state index < -0.39 is 5.97 Å². The Morgan fingerprint density at radius 2 is 2.06 bits per heavy atom. The highest BCUT2D eigenvalue weighted by Gasteiger charge is 2.11. The number of aromatic carboxylic acids is 1. The standard InChI is InChI=1S/C13H17BrO3/c1-8(2)6-9(3)17-12-5-4-10(13(15)16)7-11(12)14/h4-5,7-9H,6H2,1-3H3,(H,15,16). The maximum absolute atomic E-state index is 10.8. The topological polar surface area (TPSA) is 46.5 Å². The number of hydrogen-bond acceptors (Lipinski definition) is 2. The minimum Gasteiger partial charge on any atom is -0.490 e. The summed E-state index contributed by atoms with van der Waals surface area (Å²) in [6.45, 7) is 6.29. The van der Waals surface area contributed by atoms with E-state index in [4.69, 9.17) is 9.84 Å². The predicted octanol–water partition coefficient (Wildman–Crippen LogP) is 3.96. The molecule has 0 aliphatic heterocycles. The second-order valence-corrected chi connectivity index (χ2v) is 5.36. The highest BCUT2D eigenvalue weighted by Crippen LogP contribution is 2.27. The maximum atomic E-state index is 10.8. The van der Waals surface area contributed by atoms with Gasteiger partial charge in [-0.1, -0.05) is 13.8 Å². The van der Waals surface area contributed by atoms with Crippen LogP contribution in [-0.2, 0) is 0 Å². The van der Waals surface area contributed by atoms with Crippen LogP contribution in [0.4, 0.5) is 0 Å². The Morgan fingerprint density at radius 3 is 2.53 bits per heavy atom. The van der Waals surface area contributed by atoms with E-state index in [0.717, 1.165) is 6.42 Å². The van der Waals surface area contributed by atoms with Crippen LogP contribution in [0.1, 0.15) is 37.6 Å². The lowest BCUT2D eigenvalue weighted by Gasteiger charge is -2.17. The normalized spacial score (nSPS) is 12.5. The Balaban J connectivity index is 2.75. The molecule has 0 fully saturated rings. The van der Waals surface area contributed by atoms with E-state index in [1.165, 1.54) is 0 Å². The zero-order chi connectivity index (χ0) is 13.0. The molecule has 0 aromatic heterocycles. The van der Waals surface area contributed by atoms with Crippen LogP contribution in [0.15, 0.2) is 22.7 Å². The number of halogens is 1. The lowest BCUT2D eigenvalue weighted by Crippen LogP contribution is -2.14. The van der Waals surface area contributed by atoms with Crippen LogP contribution >= 0.6 is 15.9 Å². The van der Waals surface area contributed by atoms with Crippen LogP contribution in [0, 0.1) is 5.92 Å². The van der Waals surface area contributed by atoms with Gasteiger partial charge in [-0.3, -0.25) is 0 Å². The van der Waals surface area contributed by atoms with Gasteiger partial charge in [-0.15, -0.1) is 0 Å². The molecule has 0 bridgehead atoms. The molecule has 0 spiro atoms. The third-order valence-corrected chi connectivity index (χ3v) is 2.93. The first-order valence-electron chi connectivity index (χ1n) is 5.59. The van der Waals surface area contributed by atoms with Crippen molar-refractivity contribution in [1.82, 2.24) is 0 Å². The SMILES string of the molecule is CC(C)CC(C)Oc1ccc(C(=O)O)cc1Br. The van der Waals surface area contributed by atoms with Crippen molar-refractivity contribution >= 4 is 21.9 Å². The van der Waals surface area contributed by atoms with Crippen molar-refractivity contribution in [3.63, 3.8) is 0 Å². The molecule has 0 heterocycles. The number of ether oxygens (including phenoxy) is 1. The molecule has 0 aliphatic carbocycles. The molecular weight excluding hydrogens is 284 g/mol. The second-order valence-electron chi connectivity index (χ2n) is 4.51. The Morgan fingerprint density at radius 1 is 1.41 bits per heavy atom. The average Bonchev–Trinajstić information content (AvgIpc) is 2.19. The molecule has 0 aliphatic rings. The van der Waals surface area contributed by atoms with E-state index >= 15 is 0 Å². The first-order valence-corrected chi connectivity index (χ1v) is 6.39. The van der Waals surface area contributed by atoms with E-state index in [1.54, 1.807) is 18.2 Å². The van der Waals surface area contributed by atoms with Crippen molar-refractivity contribution in [2.75, 3.05) is 0 Å². The Kier molecular flexibility index (Phi) is 5.00. The van der Waals surface area contributed by atoms with Crippen LogP contribution in [0.2, 0.25) is 0 Å². The van der Waals surface area contributed by atoms with E-state index in [-0.39, 0.29) is 11.7 Å². The van der Waals surface area contributed by atoms with Crippen LogP contribution in [0.25, 0.3) is 0 Å². The fourth-order valence-corrected chi connectivity index (χ4v) is 2.13. The quantitative estimate of drug-likeness (QED) is 0.895. The van der Waals surface area contributed by atoms with Crippen molar-refractivity contribution in [3.05, 3.63) is 28.2 Å². The molecule has 17 heavy (non-hydrogen) atoms. The number of carbonyl (C=O) groups is 1. The fourth-order valence-electron chi connectivity index (χ4n) is 1.66. The molecule has 0 radical (unpaired) electrons. The summed E-state index contributed by atoms with van der Waals surface area (Å²) < 4.78 is 6.42. The summed E-state index contributed by atoms with van der Waals surface area (Å²) in [6, 6.07) is 4.79. The second kappa shape index (κ2) is 6.05. The van der Waals surface area contributed by atoms with E-state index in [1.807, 2.05) is 6.92 Å². The van der Waals surface area contributed by atoms with E-state index in [0.29, 0.717) is 16.1 Å². The van der Waals surface area contributed by atoms with E-state index in [2.05, 4.69) is 29.8 Å². The molecule has 1 aromatic rings. The molecule has 1 rings (SSSR count). The van der Waals surface area contributed by atoms with Gasteiger partial charge in [0, 0.05) is 0 Å². The van der Waals surface area contributed by atoms with Crippen molar-refractivity contribution < 1.29 is 14.6 Å².